The average molecular weight is 292 g/mol. The summed E-state index contributed by atoms with van der Waals surface area (Å²) in [6.07, 6.45) is 1.27. The summed E-state index contributed by atoms with van der Waals surface area (Å²) in [5.74, 6) is 0. The molecule has 1 saturated heterocycles. The summed E-state index contributed by atoms with van der Waals surface area (Å²) in [6.45, 7) is 10.0. The Labute approximate surface area is 123 Å². The fourth-order valence-electron chi connectivity index (χ4n) is 2.33. The Morgan fingerprint density at radius 1 is 1.25 bits per heavy atom. The SMILES string of the molecule is Cc1cc(P)c(N)c(C=N)c1B1OC(C)(C)C(C)(C)O1. The van der Waals surface area contributed by atoms with Crippen molar-refractivity contribution in [2.45, 2.75) is 45.8 Å². The highest BCUT2D eigenvalue weighted by atomic mass is 31.0. The highest BCUT2D eigenvalue weighted by Crippen LogP contribution is 2.37. The van der Waals surface area contributed by atoms with E-state index in [-0.39, 0.29) is 0 Å². The monoisotopic (exact) mass is 292 g/mol. The zero-order chi connectivity index (χ0) is 15.3. The third-order valence-electron chi connectivity index (χ3n) is 4.32. The molecular formula is C14H22BN2O2P. The van der Waals surface area contributed by atoms with E-state index in [9.17, 15) is 0 Å². The summed E-state index contributed by atoms with van der Waals surface area (Å²) in [6, 6.07) is 1.98. The number of nitrogen functional groups attached to an aromatic ring is 1. The minimum absolute atomic E-state index is 0.405. The van der Waals surface area contributed by atoms with E-state index in [0.29, 0.717) is 11.3 Å². The van der Waals surface area contributed by atoms with Crippen LogP contribution in [-0.4, -0.2) is 24.5 Å². The fraction of sp³-hybridized carbons (Fsp3) is 0.500. The van der Waals surface area contributed by atoms with Gasteiger partial charge < -0.3 is 20.5 Å². The van der Waals surface area contributed by atoms with Gasteiger partial charge >= 0.3 is 7.12 Å². The second-order valence-corrected chi connectivity index (χ2v) is 6.88. The molecule has 1 aromatic rings. The van der Waals surface area contributed by atoms with Gasteiger partial charge in [-0.15, -0.1) is 9.24 Å². The topological polar surface area (TPSA) is 68.3 Å². The summed E-state index contributed by atoms with van der Waals surface area (Å²) in [5.41, 5.74) is 8.40. The predicted octanol–water partition coefficient (Wildman–Crippen LogP) is 1.37. The van der Waals surface area contributed by atoms with Crippen molar-refractivity contribution in [3.05, 3.63) is 17.2 Å². The van der Waals surface area contributed by atoms with E-state index in [1.807, 2.05) is 40.7 Å². The van der Waals surface area contributed by atoms with Gasteiger partial charge in [0.05, 0.1) is 11.2 Å². The van der Waals surface area contributed by atoms with Gasteiger partial charge in [-0.25, -0.2) is 0 Å². The Bertz CT molecular complexity index is 557. The minimum Gasteiger partial charge on any atom is -0.399 e. The lowest BCUT2D eigenvalue weighted by Gasteiger charge is -2.32. The van der Waals surface area contributed by atoms with E-state index in [0.717, 1.165) is 16.3 Å². The number of rotatable bonds is 2. The van der Waals surface area contributed by atoms with Gasteiger partial charge in [-0.3, -0.25) is 0 Å². The molecular weight excluding hydrogens is 270 g/mol. The van der Waals surface area contributed by atoms with Crippen LogP contribution < -0.4 is 16.5 Å². The highest BCUT2D eigenvalue weighted by Gasteiger charge is 2.52. The van der Waals surface area contributed by atoms with Gasteiger partial charge in [0.25, 0.3) is 0 Å². The molecule has 108 valence electrons. The molecule has 1 aliphatic heterocycles. The number of benzene rings is 1. The Balaban J connectivity index is 2.56. The number of hydrogen-bond donors (Lipinski definition) is 2. The van der Waals surface area contributed by atoms with E-state index in [1.165, 1.54) is 6.21 Å². The van der Waals surface area contributed by atoms with E-state index in [4.69, 9.17) is 20.5 Å². The van der Waals surface area contributed by atoms with Crippen LogP contribution in [0.15, 0.2) is 6.07 Å². The highest BCUT2D eigenvalue weighted by molar-refractivity contribution is 7.28. The van der Waals surface area contributed by atoms with Crippen LogP contribution in [-0.2, 0) is 9.31 Å². The summed E-state index contributed by atoms with van der Waals surface area (Å²) >= 11 is 0. The first-order valence-electron chi connectivity index (χ1n) is 6.65. The molecule has 0 amide bonds. The van der Waals surface area contributed by atoms with E-state index >= 15 is 0 Å². The van der Waals surface area contributed by atoms with E-state index in [1.54, 1.807) is 0 Å². The number of nitrogens with one attached hydrogen (secondary N) is 1. The largest absolute Gasteiger partial charge is 0.495 e. The maximum atomic E-state index is 7.66. The minimum atomic E-state index is -0.496. The summed E-state index contributed by atoms with van der Waals surface area (Å²) in [5, 5.41) is 8.55. The van der Waals surface area contributed by atoms with Gasteiger partial charge in [0.2, 0.25) is 0 Å². The zero-order valence-corrected chi connectivity index (χ0v) is 13.9. The van der Waals surface area contributed by atoms with E-state index < -0.39 is 18.3 Å². The lowest BCUT2D eigenvalue weighted by Crippen LogP contribution is -2.41. The Morgan fingerprint density at radius 3 is 2.20 bits per heavy atom. The van der Waals surface area contributed by atoms with Gasteiger partial charge in [-0.2, -0.15) is 0 Å². The Morgan fingerprint density at radius 2 is 1.75 bits per heavy atom. The molecule has 0 saturated carbocycles. The van der Waals surface area contributed by atoms with Crippen LogP contribution in [0.1, 0.15) is 38.8 Å². The lowest BCUT2D eigenvalue weighted by molar-refractivity contribution is 0.00578. The fourth-order valence-corrected chi connectivity index (χ4v) is 2.74. The molecule has 2 rings (SSSR count). The smallest absolute Gasteiger partial charge is 0.399 e. The van der Waals surface area contributed by atoms with Crippen LogP contribution in [0.25, 0.3) is 0 Å². The van der Waals surface area contributed by atoms with Crippen molar-refractivity contribution in [2.24, 2.45) is 0 Å². The molecule has 1 aromatic carbocycles. The second kappa shape index (κ2) is 4.83. The van der Waals surface area contributed by atoms with Crippen LogP contribution in [0.2, 0.25) is 0 Å². The van der Waals surface area contributed by atoms with Gasteiger partial charge in [0.15, 0.2) is 0 Å². The zero-order valence-electron chi connectivity index (χ0n) is 12.7. The van der Waals surface area contributed by atoms with Crippen molar-refractivity contribution < 1.29 is 9.31 Å². The van der Waals surface area contributed by atoms with Crippen LogP contribution in [0, 0.1) is 12.3 Å². The molecule has 3 N–H and O–H groups in total. The molecule has 20 heavy (non-hydrogen) atoms. The first-order valence-corrected chi connectivity index (χ1v) is 7.23. The Hall–Kier alpha value is -0.895. The van der Waals surface area contributed by atoms with Gasteiger partial charge in [-0.1, -0.05) is 6.07 Å². The number of nitrogens with two attached hydrogens (primary N) is 1. The van der Waals surface area contributed by atoms with Crippen molar-refractivity contribution in [3.8, 4) is 0 Å². The van der Waals surface area contributed by atoms with Gasteiger partial charge in [0, 0.05) is 17.5 Å². The first kappa shape index (κ1) is 15.5. The number of anilines is 1. The van der Waals surface area contributed by atoms with Gasteiger partial charge in [-0.05, 0) is 50.9 Å². The number of hydrogen-bond acceptors (Lipinski definition) is 4. The quantitative estimate of drug-likeness (QED) is 0.374. The van der Waals surface area contributed by atoms with Crippen molar-refractivity contribution >= 4 is 39.0 Å². The van der Waals surface area contributed by atoms with Crippen molar-refractivity contribution in [1.82, 2.24) is 0 Å². The molecule has 4 nitrogen and oxygen atoms in total. The Kier molecular flexibility index (Phi) is 3.74. The molecule has 1 aliphatic rings. The molecule has 1 unspecified atom stereocenters. The summed E-state index contributed by atoms with van der Waals surface area (Å²) in [7, 11) is 2.10. The predicted molar refractivity (Wildman–Crippen MR) is 88.5 cm³/mol. The lowest BCUT2D eigenvalue weighted by atomic mass is 9.73. The van der Waals surface area contributed by atoms with Crippen molar-refractivity contribution in [2.75, 3.05) is 5.73 Å². The molecule has 0 bridgehead atoms. The maximum Gasteiger partial charge on any atom is 0.495 e. The molecule has 1 atom stereocenters. The summed E-state index contributed by atoms with van der Waals surface area (Å²) < 4.78 is 12.2. The molecule has 0 spiro atoms. The molecule has 0 aliphatic carbocycles. The van der Waals surface area contributed by atoms with Crippen LogP contribution in [0.4, 0.5) is 5.69 Å². The summed E-state index contributed by atoms with van der Waals surface area (Å²) in [4.78, 5) is 0. The van der Waals surface area contributed by atoms with Gasteiger partial charge in [0.1, 0.15) is 0 Å². The van der Waals surface area contributed by atoms with E-state index in [2.05, 4.69) is 9.24 Å². The molecule has 6 heteroatoms. The van der Waals surface area contributed by atoms with Crippen LogP contribution in [0.3, 0.4) is 0 Å². The van der Waals surface area contributed by atoms with Crippen LogP contribution in [0.5, 0.6) is 0 Å². The molecule has 0 aromatic heterocycles. The van der Waals surface area contributed by atoms with Crippen molar-refractivity contribution in [3.63, 3.8) is 0 Å². The average Bonchev–Trinajstić information content (AvgIpc) is 2.52. The normalized spacial score (nSPS) is 20.2. The maximum absolute atomic E-state index is 7.66. The molecule has 1 heterocycles. The third-order valence-corrected chi connectivity index (χ3v) is 4.80. The van der Waals surface area contributed by atoms with Crippen molar-refractivity contribution in [1.29, 1.82) is 5.41 Å². The first-order chi connectivity index (χ1) is 9.10. The molecule has 1 fully saturated rings. The third kappa shape index (κ3) is 2.28. The standard InChI is InChI=1S/C14H22BN2O2P/c1-8-6-10(20)12(17)9(7-16)11(8)15-18-13(2,3)14(4,5)19-15/h6-7,16H,17,20H2,1-5H3. The second-order valence-electron chi connectivity index (χ2n) is 6.26. The number of aryl methyl sites for hydroxylation is 1. The molecule has 0 radical (unpaired) electrons. The van der Waals surface area contributed by atoms with Crippen LogP contribution >= 0.6 is 9.24 Å².